The first-order chi connectivity index (χ1) is 13.7. The highest BCUT2D eigenvalue weighted by Gasteiger charge is 2.30. The molecule has 2 nitrogen and oxygen atoms in total. The van der Waals surface area contributed by atoms with Gasteiger partial charge in [-0.3, -0.25) is 9.59 Å². The third kappa shape index (κ3) is 2.50. The molecule has 2 heteroatoms. The van der Waals surface area contributed by atoms with Crippen LogP contribution in [0.3, 0.4) is 0 Å². The van der Waals surface area contributed by atoms with Crippen molar-refractivity contribution in [3.05, 3.63) is 119 Å². The number of hydrogen-bond donors (Lipinski definition) is 0. The zero-order valence-corrected chi connectivity index (χ0v) is 15.1. The molecule has 0 amide bonds. The average Bonchev–Trinajstić information content (AvgIpc) is 3.07. The van der Waals surface area contributed by atoms with Crippen molar-refractivity contribution >= 4 is 11.6 Å². The molecule has 1 aliphatic carbocycles. The minimum atomic E-state index is -0.0686. The van der Waals surface area contributed by atoms with Gasteiger partial charge in [0.05, 0.1) is 0 Å². The number of rotatable bonds is 3. The van der Waals surface area contributed by atoms with Crippen LogP contribution in [0.15, 0.2) is 97.1 Å². The summed E-state index contributed by atoms with van der Waals surface area (Å²) in [4.78, 5) is 25.9. The van der Waals surface area contributed by atoms with Crippen LogP contribution in [-0.4, -0.2) is 11.6 Å². The van der Waals surface area contributed by atoms with Gasteiger partial charge in [-0.2, -0.15) is 0 Å². The van der Waals surface area contributed by atoms with Crippen LogP contribution >= 0.6 is 0 Å². The molecular weight excluding hydrogens is 344 g/mol. The van der Waals surface area contributed by atoms with E-state index in [1.54, 1.807) is 12.1 Å². The minimum absolute atomic E-state index is 0.0142. The van der Waals surface area contributed by atoms with Gasteiger partial charge in [-0.15, -0.1) is 0 Å². The molecule has 28 heavy (non-hydrogen) atoms. The topological polar surface area (TPSA) is 34.1 Å². The maximum Gasteiger partial charge on any atom is 0.194 e. The number of hydrogen-bond acceptors (Lipinski definition) is 2. The summed E-state index contributed by atoms with van der Waals surface area (Å²) in [5, 5.41) is 0. The van der Waals surface area contributed by atoms with Crippen LogP contribution in [-0.2, 0) is 0 Å². The van der Waals surface area contributed by atoms with Gasteiger partial charge in [0.1, 0.15) is 0 Å². The van der Waals surface area contributed by atoms with Crippen molar-refractivity contribution in [1.29, 1.82) is 0 Å². The first kappa shape index (κ1) is 16.4. The molecule has 0 aliphatic heterocycles. The monoisotopic (exact) mass is 360 g/mol. The summed E-state index contributed by atoms with van der Waals surface area (Å²) < 4.78 is 0. The first-order valence-corrected chi connectivity index (χ1v) is 9.21. The molecule has 0 atom stereocenters. The number of benzene rings is 4. The predicted octanol–water partition coefficient (Wildman–Crippen LogP) is 5.80. The molecule has 0 saturated carbocycles. The SMILES string of the molecule is O=C(c1ccc(-c2ccccc2)cc1)c1cccc2c1-c1ccccc1C2=O. The lowest BCUT2D eigenvalue weighted by Crippen LogP contribution is -2.04. The molecule has 0 bridgehead atoms. The normalized spacial score (nSPS) is 11.8. The zero-order valence-electron chi connectivity index (χ0n) is 15.1. The average molecular weight is 360 g/mol. The van der Waals surface area contributed by atoms with Crippen molar-refractivity contribution in [2.45, 2.75) is 0 Å². The van der Waals surface area contributed by atoms with Crippen LogP contribution in [0.25, 0.3) is 22.3 Å². The van der Waals surface area contributed by atoms with Gasteiger partial charge in [0.25, 0.3) is 0 Å². The molecule has 0 unspecified atom stereocenters. The summed E-state index contributed by atoms with van der Waals surface area (Å²) in [6, 6.07) is 30.6. The van der Waals surface area contributed by atoms with Crippen LogP contribution in [0.2, 0.25) is 0 Å². The maximum atomic E-state index is 13.3. The highest BCUT2D eigenvalue weighted by atomic mass is 16.1. The zero-order chi connectivity index (χ0) is 19.1. The van der Waals surface area contributed by atoms with Gasteiger partial charge in [0, 0.05) is 27.8 Å². The highest BCUT2D eigenvalue weighted by Crippen LogP contribution is 2.39. The van der Waals surface area contributed by atoms with E-state index in [4.69, 9.17) is 0 Å². The molecule has 0 heterocycles. The van der Waals surface area contributed by atoms with Gasteiger partial charge in [-0.25, -0.2) is 0 Å². The molecule has 5 rings (SSSR count). The Hall–Kier alpha value is -3.78. The van der Waals surface area contributed by atoms with Gasteiger partial charge in [-0.05, 0) is 16.7 Å². The molecule has 4 aromatic rings. The fourth-order valence-corrected chi connectivity index (χ4v) is 3.87. The summed E-state index contributed by atoms with van der Waals surface area (Å²) >= 11 is 0. The van der Waals surface area contributed by atoms with E-state index in [9.17, 15) is 9.59 Å². The molecule has 1 aliphatic rings. The lowest BCUT2D eigenvalue weighted by molar-refractivity contribution is 0.103. The third-order valence-corrected chi connectivity index (χ3v) is 5.25. The highest BCUT2D eigenvalue weighted by molar-refractivity contribution is 6.26. The molecular formula is C26H16O2. The van der Waals surface area contributed by atoms with E-state index in [1.165, 1.54) is 0 Å². The van der Waals surface area contributed by atoms with Crippen LogP contribution in [0.5, 0.6) is 0 Å². The Morgan fingerprint density at radius 2 is 1.14 bits per heavy atom. The molecule has 132 valence electrons. The first-order valence-electron chi connectivity index (χ1n) is 9.21. The number of fused-ring (bicyclic) bond motifs is 3. The molecule has 0 N–H and O–H groups in total. The predicted molar refractivity (Wildman–Crippen MR) is 111 cm³/mol. The molecule has 0 saturated heterocycles. The smallest absolute Gasteiger partial charge is 0.194 e. The van der Waals surface area contributed by atoms with Gasteiger partial charge >= 0.3 is 0 Å². The Labute approximate surface area is 163 Å². The number of carbonyl (C=O) groups excluding carboxylic acids is 2. The number of ketones is 2. The fraction of sp³-hybridized carbons (Fsp3) is 0. The second-order valence-corrected chi connectivity index (χ2v) is 6.88. The van der Waals surface area contributed by atoms with E-state index in [1.807, 2.05) is 84.9 Å². The van der Waals surface area contributed by atoms with E-state index in [2.05, 4.69) is 0 Å². The molecule has 4 aromatic carbocycles. The van der Waals surface area contributed by atoms with Crippen LogP contribution in [0, 0.1) is 0 Å². The maximum absolute atomic E-state index is 13.3. The standard InChI is InChI=1S/C26H16O2/c27-25(19-15-13-18(14-16-19)17-7-2-1-3-8-17)22-11-6-12-23-24(22)20-9-4-5-10-21(20)26(23)28/h1-16H. The largest absolute Gasteiger partial charge is 0.289 e. The molecule has 0 aromatic heterocycles. The minimum Gasteiger partial charge on any atom is -0.289 e. The van der Waals surface area contributed by atoms with Gasteiger partial charge in [-0.1, -0.05) is 97.1 Å². The van der Waals surface area contributed by atoms with Crippen molar-refractivity contribution in [3.8, 4) is 22.3 Å². The van der Waals surface area contributed by atoms with Crippen molar-refractivity contribution in [1.82, 2.24) is 0 Å². The van der Waals surface area contributed by atoms with Crippen LogP contribution in [0.1, 0.15) is 31.8 Å². The van der Waals surface area contributed by atoms with Crippen molar-refractivity contribution in [2.24, 2.45) is 0 Å². The van der Waals surface area contributed by atoms with Crippen molar-refractivity contribution in [2.75, 3.05) is 0 Å². The Morgan fingerprint density at radius 1 is 0.536 bits per heavy atom. The van der Waals surface area contributed by atoms with Crippen LogP contribution < -0.4 is 0 Å². The summed E-state index contributed by atoms with van der Waals surface area (Å²) in [5.41, 5.74) is 6.23. The Kier molecular flexibility index (Phi) is 3.77. The summed E-state index contributed by atoms with van der Waals surface area (Å²) in [6.07, 6.45) is 0. The lowest BCUT2D eigenvalue weighted by atomic mass is 9.93. The Bertz CT molecular complexity index is 1220. The lowest BCUT2D eigenvalue weighted by Gasteiger charge is -2.09. The van der Waals surface area contributed by atoms with E-state index < -0.39 is 0 Å². The number of carbonyl (C=O) groups is 2. The Balaban J connectivity index is 1.57. The van der Waals surface area contributed by atoms with Gasteiger partial charge < -0.3 is 0 Å². The summed E-state index contributed by atoms with van der Waals surface area (Å²) in [6.45, 7) is 0. The summed E-state index contributed by atoms with van der Waals surface area (Å²) in [5.74, 6) is -0.0827. The third-order valence-electron chi connectivity index (χ3n) is 5.25. The summed E-state index contributed by atoms with van der Waals surface area (Å²) in [7, 11) is 0. The van der Waals surface area contributed by atoms with Crippen molar-refractivity contribution < 1.29 is 9.59 Å². The molecule has 0 fully saturated rings. The van der Waals surface area contributed by atoms with Gasteiger partial charge in [0.15, 0.2) is 11.6 Å². The second-order valence-electron chi connectivity index (χ2n) is 6.88. The van der Waals surface area contributed by atoms with E-state index >= 15 is 0 Å². The van der Waals surface area contributed by atoms with E-state index in [-0.39, 0.29) is 11.6 Å². The van der Waals surface area contributed by atoms with Crippen molar-refractivity contribution in [3.63, 3.8) is 0 Å². The fourth-order valence-electron chi connectivity index (χ4n) is 3.87. The molecule has 0 radical (unpaired) electrons. The molecule has 0 spiro atoms. The Morgan fingerprint density at radius 3 is 1.89 bits per heavy atom. The quantitative estimate of drug-likeness (QED) is 0.381. The van der Waals surface area contributed by atoms with Gasteiger partial charge in [0.2, 0.25) is 0 Å². The second kappa shape index (κ2) is 6.43. The van der Waals surface area contributed by atoms with E-state index in [0.717, 1.165) is 22.3 Å². The van der Waals surface area contributed by atoms with Crippen LogP contribution in [0.4, 0.5) is 0 Å². The van der Waals surface area contributed by atoms with E-state index in [0.29, 0.717) is 22.3 Å².